The molecular formula is C41H64CoN5O2+. The first-order valence-corrected chi connectivity index (χ1v) is 18.0. The number of phenolic OH excluding ortho intramolecular Hbond substituents is 2. The molecule has 8 heteroatoms. The van der Waals surface area contributed by atoms with Crippen molar-refractivity contribution in [1.82, 2.24) is 9.80 Å². The maximum absolute atomic E-state index is 11.5. The molecule has 0 saturated carbocycles. The second-order valence-corrected chi connectivity index (χ2v) is 17.8. The fourth-order valence-corrected chi connectivity index (χ4v) is 6.67. The van der Waals surface area contributed by atoms with Crippen LogP contribution in [0.3, 0.4) is 0 Å². The Morgan fingerprint density at radius 1 is 0.755 bits per heavy atom. The van der Waals surface area contributed by atoms with Crippen LogP contribution in [0.4, 0.5) is 0 Å². The zero-order valence-electron chi connectivity index (χ0n) is 32.5. The van der Waals surface area contributed by atoms with Crippen LogP contribution in [-0.2, 0) is 39.4 Å². The van der Waals surface area contributed by atoms with Crippen LogP contribution in [0.15, 0.2) is 34.3 Å². The van der Waals surface area contributed by atoms with Gasteiger partial charge in [-0.3, -0.25) is 24.4 Å². The Morgan fingerprint density at radius 2 is 1.35 bits per heavy atom. The third kappa shape index (κ3) is 10.3. The molecule has 0 bridgehead atoms. The topological polar surface area (TPSA) is 74.7 Å². The molecule has 2 aliphatic rings. The van der Waals surface area contributed by atoms with Gasteiger partial charge in [-0.2, -0.15) is 0 Å². The van der Waals surface area contributed by atoms with Crippen LogP contribution in [0.1, 0.15) is 129 Å². The minimum Gasteiger partial charge on any atom is -0.507 e. The summed E-state index contributed by atoms with van der Waals surface area (Å²) in [5.41, 5.74) is 4.96. The molecule has 273 valence electrons. The molecule has 0 aliphatic carbocycles. The summed E-state index contributed by atoms with van der Waals surface area (Å²) >= 11 is 0. The Bertz CT molecular complexity index is 1550. The fraction of sp³-hybridized carbons (Fsp3) is 0.634. The van der Waals surface area contributed by atoms with Crippen molar-refractivity contribution >= 4 is 18.4 Å². The van der Waals surface area contributed by atoms with E-state index in [2.05, 4.69) is 122 Å². The molecule has 0 aromatic heterocycles. The first kappa shape index (κ1) is 40.6. The van der Waals surface area contributed by atoms with Gasteiger partial charge in [-0.25, -0.2) is 0 Å². The van der Waals surface area contributed by atoms with E-state index in [1.165, 1.54) is 29.9 Å². The van der Waals surface area contributed by atoms with E-state index in [4.69, 9.17) is 9.98 Å². The SMILES string of the molecule is C[N+]1=C2N(CCCc3cc(C(C)(C)C)cc(C=NC(C)(C)CN=Cc4cc(C(C)(C)C)cc(C(C)(C)C)c4O)c3O)CCCN2CCC1.[Co]. The summed E-state index contributed by atoms with van der Waals surface area (Å²) in [6, 6.07) is 8.45. The Labute approximate surface area is 307 Å². The van der Waals surface area contributed by atoms with Crippen LogP contribution in [0.25, 0.3) is 0 Å². The summed E-state index contributed by atoms with van der Waals surface area (Å²) in [7, 11) is 2.22. The number of rotatable bonds is 9. The number of aliphatic imine (C=N–C) groups is 2. The summed E-state index contributed by atoms with van der Waals surface area (Å²) < 4.78 is 2.41. The van der Waals surface area contributed by atoms with Crippen molar-refractivity contribution in [2.24, 2.45) is 9.98 Å². The monoisotopic (exact) mass is 717 g/mol. The molecule has 2 aliphatic heterocycles. The predicted octanol–water partition coefficient (Wildman–Crippen LogP) is 7.65. The molecule has 2 N–H and O–H groups in total. The quantitative estimate of drug-likeness (QED) is 0.207. The molecule has 1 radical (unpaired) electrons. The standard InChI is InChI=1S/C41H63N5O2.Co/c1-38(2,3)32-22-29(16-13-18-45-20-15-21-46-19-14-17-44(12)37(45)46)35(47)31(24-32)27-43-41(10,11)28-42-26-30-23-33(39(4,5)6)25-34(36(30)48)40(7,8)9;/h22-27H,13-21,28H2,1-12H3,(H-,42,43,47,48);/p+1. The van der Waals surface area contributed by atoms with Gasteiger partial charge in [0.15, 0.2) is 0 Å². The van der Waals surface area contributed by atoms with Gasteiger partial charge in [0.1, 0.15) is 11.5 Å². The van der Waals surface area contributed by atoms with E-state index in [0.29, 0.717) is 18.0 Å². The number of guanidine groups is 1. The van der Waals surface area contributed by atoms with E-state index in [-0.39, 0.29) is 33.0 Å². The molecule has 0 spiro atoms. The summed E-state index contributed by atoms with van der Waals surface area (Å²) in [5, 5.41) is 22.7. The Morgan fingerprint density at radius 3 is 1.96 bits per heavy atom. The van der Waals surface area contributed by atoms with Crippen LogP contribution in [0, 0.1) is 0 Å². The molecule has 2 aromatic rings. The predicted molar refractivity (Wildman–Crippen MR) is 203 cm³/mol. The van der Waals surface area contributed by atoms with Gasteiger partial charge in [-0.15, -0.1) is 0 Å². The van der Waals surface area contributed by atoms with Gasteiger partial charge in [0.25, 0.3) is 0 Å². The molecule has 2 heterocycles. The second-order valence-electron chi connectivity index (χ2n) is 17.8. The second kappa shape index (κ2) is 15.6. The molecule has 4 rings (SSSR count). The zero-order valence-corrected chi connectivity index (χ0v) is 33.5. The van der Waals surface area contributed by atoms with Gasteiger partial charge in [-0.05, 0) is 71.8 Å². The number of nitrogens with zero attached hydrogens (tertiary/aromatic N) is 5. The molecule has 49 heavy (non-hydrogen) atoms. The summed E-state index contributed by atoms with van der Waals surface area (Å²) in [6.07, 6.45) is 7.83. The molecular weight excluding hydrogens is 653 g/mol. The van der Waals surface area contributed by atoms with Gasteiger partial charge in [-0.1, -0.05) is 74.4 Å². The van der Waals surface area contributed by atoms with Crippen molar-refractivity contribution in [1.29, 1.82) is 0 Å². The Hall–Kier alpha value is -2.84. The van der Waals surface area contributed by atoms with Gasteiger partial charge in [0.05, 0.1) is 51.9 Å². The molecule has 0 amide bonds. The van der Waals surface area contributed by atoms with Gasteiger partial charge >= 0.3 is 5.96 Å². The third-order valence-corrected chi connectivity index (χ3v) is 9.72. The smallest absolute Gasteiger partial charge is 0.350 e. The van der Waals surface area contributed by atoms with Crippen molar-refractivity contribution in [3.63, 3.8) is 0 Å². The largest absolute Gasteiger partial charge is 0.507 e. The average Bonchev–Trinajstić information content (AvgIpc) is 2.96. The first-order chi connectivity index (χ1) is 22.2. The van der Waals surface area contributed by atoms with Crippen LogP contribution < -0.4 is 0 Å². The third-order valence-electron chi connectivity index (χ3n) is 9.72. The number of phenols is 2. The minimum absolute atomic E-state index is 0. The van der Waals surface area contributed by atoms with Crippen LogP contribution >= 0.6 is 0 Å². The average molecular weight is 718 g/mol. The van der Waals surface area contributed by atoms with Gasteiger partial charge < -0.3 is 10.2 Å². The normalized spacial score (nSPS) is 16.5. The molecule has 1 saturated heterocycles. The van der Waals surface area contributed by atoms with Crippen LogP contribution in [-0.4, -0.2) is 94.8 Å². The van der Waals surface area contributed by atoms with Crippen LogP contribution in [0.2, 0.25) is 0 Å². The van der Waals surface area contributed by atoms with E-state index < -0.39 is 5.54 Å². The summed E-state index contributed by atoms with van der Waals surface area (Å²) in [4.78, 5) is 14.8. The van der Waals surface area contributed by atoms with Crippen molar-refractivity contribution in [2.45, 2.75) is 124 Å². The van der Waals surface area contributed by atoms with Crippen molar-refractivity contribution < 1.29 is 31.6 Å². The number of benzene rings is 2. The van der Waals surface area contributed by atoms with E-state index in [9.17, 15) is 10.2 Å². The number of hydrogen-bond acceptors (Lipinski definition) is 6. The van der Waals surface area contributed by atoms with E-state index >= 15 is 0 Å². The van der Waals surface area contributed by atoms with Crippen LogP contribution in [0.5, 0.6) is 11.5 Å². The number of hydrogen-bond donors (Lipinski definition) is 2. The maximum Gasteiger partial charge on any atom is 0.350 e. The van der Waals surface area contributed by atoms with Gasteiger partial charge in [0, 0.05) is 58.7 Å². The van der Waals surface area contributed by atoms with E-state index in [1.807, 2.05) is 6.21 Å². The number of fused-ring (bicyclic) bond motifs is 1. The molecule has 1 fully saturated rings. The fourth-order valence-electron chi connectivity index (χ4n) is 6.67. The molecule has 2 aromatic carbocycles. The Balaban J connectivity index is 0.00000650. The molecule has 7 nitrogen and oxygen atoms in total. The van der Waals surface area contributed by atoms with Crippen molar-refractivity contribution in [3.05, 3.63) is 57.6 Å². The minimum atomic E-state index is -0.506. The van der Waals surface area contributed by atoms with Crippen molar-refractivity contribution in [3.8, 4) is 11.5 Å². The number of aromatic hydroxyl groups is 2. The van der Waals surface area contributed by atoms with E-state index in [0.717, 1.165) is 67.8 Å². The summed E-state index contributed by atoms with van der Waals surface area (Å²) in [6.45, 7) is 29.7. The Kier molecular flexibility index (Phi) is 12.9. The zero-order chi connectivity index (χ0) is 35.7. The summed E-state index contributed by atoms with van der Waals surface area (Å²) in [5.74, 6) is 2.00. The molecule has 0 unspecified atom stereocenters. The van der Waals surface area contributed by atoms with Gasteiger partial charge in [0.2, 0.25) is 0 Å². The molecule has 0 atom stereocenters. The van der Waals surface area contributed by atoms with Crippen molar-refractivity contribution in [2.75, 3.05) is 46.3 Å². The number of aryl methyl sites for hydroxylation is 1. The van der Waals surface area contributed by atoms with E-state index in [1.54, 1.807) is 6.21 Å². The maximum atomic E-state index is 11.5. The first-order valence-electron chi connectivity index (χ1n) is 18.0.